The summed E-state index contributed by atoms with van der Waals surface area (Å²) in [5.74, 6) is 0.0535. The number of nitrogens with one attached hydrogen (secondary N) is 2. The van der Waals surface area contributed by atoms with Crippen LogP contribution in [0.5, 0.6) is 0 Å². The number of carbonyl (C=O) groups excluding carboxylic acids is 2. The molecule has 0 aromatic carbocycles. The molecule has 0 aliphatic carbocycles. The third kappa shape index (κ3) is 4.18. The monoisotopic (exact) mass is 227 g/mol. The predicted molar refractivity (Wildman–Crippen MR) is 62.0 cm³/mol. The highest BCUT2D eigenvalue weighted by atomic mass is 16.2. The van der Waals surface area contributed by atoms with Crippen LogP contribution in [0.4, 0.5) is 0 Å². The summed E-state index contributed by atoms with van der Waals surface area (Å²) >= 11 is 0. The summed E-state index contributed by atoms with van der Waals surface area (Å²) in [5, 5.41) is 5.62. The molecule has 0 aromatic heterocycles. The first-order valence-corrected chi connectivity index (χ1v) is 5.97. The van der Waals surface area contributed by atoms with Crippen LogP contribution in [0.1, 0.15) is 26.7 Å². The average Bonchev–Trinajstić information content (AvgIpc) is 3.02. The van der Waals surface area contributed by atoms with Crippen LogP contribution in [-0.4, -0.2) is 48.9 Å². The predicted octanol–water partition coefficient (Wildman–Crippen LogP) is -0.277. The maximum Gasteiger partial charge on any atom is 0.238 e. The number of carbonyl (C=O) groups is 2. The lowest BCUT2D eigenvalue weighted by Gasteiger charge is -2.05. The highest BCUT2D eigenvalue weighted by molar-refractivity contribution is 5.86. The Balaban J connectivity index is 2.13. The molecule has 1 aliphatic heterocycles. The molecule has 0 radical (unpaired) electrons. The SMILES string of the molecule is CCCNC(=O)CN1C[C@@H]1C(=O)NCCC. The molecule has 2 atom stereocenters. The zero-order valence-electron chi connectivity index (χ0n) is 10.1. The average molecular weight is 227 g/mol. The quantitative estimate of drug-likeness (QED) is 0.588. The summed E-state index contributed by atoms with van der Waals surface area (Å²) in [6.45, 7) is 6.49. The van der Waals surface area contributed by atoms with Gasteiger partial charge >= 0.3 is 0 Å². The van der Waals surface area contributed by atoms with E-state index in [2.05, 4.69) is 10.6 Å². The van der Waals surface area contributed by atoms with Gasteiger partial charge in [0.1, 0.15) is 6.04 Å². The van der Waals surface area contributed by atoms with Crippen LogP contribution in [0.25, 0.3) is 0 Å². The first-order valence-electron chi connectivity index (χ1n) is 5.97. The van der Waals surface area contributed by atoms with Gasteiger partial charge in [0.05, 0.1) is 6.54 Å². The minimum Gasteiger partial charge on any atom is -0.355 e. The van der Waals surface area contributed by atoms with Gasteiger partial charge in [0.25, 0.3) is 0 Å². The number of hydrogen-bond acceptors (Lipinski definition) is 3. The van der Waals surface area contributed by atoms with Crippen molar-refractivity contribution in [3.05, 3.63) is 0 Å². The number of amides is 2. The Hall–Kier alpha value is -1.10. The van der Waals surface area contributed by atoms with Gasteiger partial charge in [0, 0.05) is 19.6 Å². The topological polar surface area (TPSA) is 61.2 Å². The molecule has 5 heteroatoms. The molecule has 1 saturated heterocycles. The molecule has 92 valence electrons. The van der Waals surface area contributed by atoms with Gasteiger partial charge in [-0.15, -0.1) is 0 Å². The fourth-order valence-corrected chi connectivity index (χ4v) is 1.47. The third-order valence-electron chi connectivity index (χ3n) is 2.49. The minimum absolute atomic E-state index is 0.00708. The molecule has 1 aliphatic rings. The number of rotatable bonds is 7. The smallest absolute Gasteiger partial charge is 0.238 e. The fourth-order valence-electron chi connectivity index (χ4n) is 1.47. The van der Waals surface area contributed by atoms with Crippen molar-refractivity contribution in [1.29, 1.82) is 0 Å². The molecule has 0 bridgehead atoms. The Morgan fingerprint density at radius 2 is 1.81 bits per heavy atom. The van der Waals surface area contributed by atoms with Crippen molar-refractivity contribution < 1.29 is 9.59 Å². The molecule has 1 heterocycles. The van der Waals surface area contributed by atoms with Crippen LogP contribution >= 0.6 is 0 Å². The lowest BCUT2D eigenvalue weighted by Crippen LogP contribution is -2.34. The summed E-state index contributed by atoms with van der Waals surface area (Å²) in [5.41, 5.74) is 0. The standard InChI is InChI=1S/C11H21N3O2/c1-3-5-12-10(15)8-14-7-9(14)11(16)13-6-4-2/h9H,3-8H2,1-2H3,(H,12,15)(H,13,16)/t9-,14?/m1/s1. The second kappa shape index (κ2) is 6.48. The Labute approximate surface area is 96.6 Å². The lowest BCUT2D eigenvalue weighted by atomic mass is 10.4. The number of nitrogens with zero attached hydrogens (tertiary/aromatic N) is 1. The van der Waals surface area contributed by atoms with Gasteiger partial charge in [-0.3, -0.25) is 14.5 Å². The van der Waals surface area contributed by atoms with Gasteiger partial charge in [0.15, 0.2) is 0 Å². The van der Waals surface area contributed by atoms with Gasteiger partial charge in [0.2, 0.25) is 11.8 Å². The van der Waals surface area contributed by atoms with E-state index in [1.807, 2.05) is 18.7 Å². The van der Waals surface area contributed by atoms with Crippen LogP contribution in [0, 0.1) is 0 Å². The Morgan fingerprint density at radius 3 is 2.44 bits per heavy atom. The van der Waals surface area contributed by atoms with Crippen LogP contribution in [0.15, 0.2) is 0 Å². The third-order valence-corrected chi connectivity index (χ3v) is 2.49. The summed E-state index contributed by atoms with van der Waals surface area (Å²) < 4.78 is 0. The fraction of sp³-hybridized carbons (Fsp3) is 0.818. The molecule has 0 saturated carbocycles. The van der Waals surface area contributed by atoms with E-state index < -0.39 is 0 Å². The second-order valence-electron chi connectivity index (χ2n) is 4.09. The zero-order chi connectivity index (χ0) is 12.0. The molecule has 5 nitrogen and oxygen atoms in total. The number of hydrogen-bond donors (Lipinski definition) is 2. The van der Waals surface area contributed by atoms with Crippen molar-refractivity contribution in [3.8, 4) is 0 Å². The van der Waals surface area contributed by atoms with E-state index in [1.165, 1.54) is 0 Å². The Bertz CT molecular complexity index is 256. The van der Waals surface area contributed by atoms with Crippen molar-refractivity contribution in [3.63, 3.8) is 0 Å². The summed E-state index contributed by atoms with van der Waals surface area (Å²) in [6.07, 6.45) is 1.88. The molecule has 2 amide bonds. The highest BCUT2D eigenvalue weighted by Gasteiger charge is 2.40. The molecular formula is C11H21N3O2. The maximum atomic E-state index is 11.5. The van der Waals surface area contributed by atoms with Crippen LogP contribution in [0.2, 0.25) is 0 Å². The van der Waals surface area contributed by atoms with Gasteiger partial charge in [-0.05, 0) is 12.8 Å². The molecule has 2 N–H and O–H groups in total. The minimum atomic E-state index is -0.0843. The van der Waals surface area contributed by atoms with Crippen molar-refractivity contribution in [2.24, 2.45) is 0 Å². The summed E-state index contributed by atoms with van der Waals surface area (Å²) in [7, 11) is 0. The normalized spacial score (nSPS) is 22.6. The molecule has 1 unspecified atom stereocenters. The van der Waals surface area contributed by atoms with Crippen molar-refractivity contribution >= 4 is 11.8 Å². The van der Waals surface area contributed by atoms with E-state index in [0.717, 1.165) is 12.8 Å². The zero-order valence-corrected chi connectivity index (χ0v) is 10.1. The first-order chi connectivity index (χ1) is 7.69. The molecule has 0 spiro atoms. The van der Waals surface area contributed by atoms with E-state index in [4.69, 9.17) is 0 Å². The Kier molecular flexibility index (Phi) is 5.25. The lowest BCUT2D eigenvalue weighted by molar-refractivity contribution is -0.122. The molecule has 16 heavy (non-hydrogen) atoms. The van der Waals surface area contributed by atoms with Gasteiger partial charge < -0.3 is 10.6 Å². The molecule has 1 rings (SSSR count). The highest BCUT2D eigenvalue weighted by Crippen LogP contribution is 2.16. The summed E-state index contributed by atoms with van der Waals surface area (Å²) in [4.78, 5) is 24.7. The Morgan fingerprint density at radius 1 is 1.19 bits per heavy atom. The molecule has 0 aromatic rings. The second-order valence-corrected chi connectivity index (χ2v) is 4.09. The van der Waals surface area contributed by atoms with Crippen molar-refractivity contribution in [2.75, 3.05) is 26.2 Å². The molecular weight excluding hydrogens is 206 g/mol. The van der Waals surface area contributed by atoms with Crippen molar-refractivity contribution in [1.82, 2.24) is 15.5 Å². The first kappa shape index (κ1) is 13.0. The van der Waals surface area contributed by atoms with Gasteiger partial charge in [-0.25, -0.2) is 0 Å². The van der Waals surface area contributed by atoms with E-state index in [9.17, 15) is 9.59 Å². The molecule has 1 fully saturated rings. The van der Waals surface area contributed by atoms with Crippen LogP contribution in [0.3, 0.4) is 0 Å². The van der Waals surface area contributed by atoms with E-state index in [1.54, 1.807) is 0 Å². The van der Waals surface area contributed by atoms with Crippen LogP contribution in [-0.2, 0) is 9.59 Å². The van der Waals surface area contributed by atoms with E-state index >= 15 is 0 Å². The van der Waals surface area contributed by atoms with Gasteiger partial charge in [-0.2, -0.15) is 0 Å². The van der Waals surface area contributed by atoms with E-state index in [0.29, 0.717) is 26.2 Å². The van der Waals surface area contributed by atoms with Crippen molar-refractivity contribution in [2.45, 2.75) is 32.7 Å². The van der Waals surface area contributed by atoms with Gasteiger partial charge in [-0.1, -0.05) is 13.8 Å². The largest absolute Gasteiger partial charge is 0.355 e. The summed E-state index contributed by atoms with van der Waals surface area (Å²) in [6, 6.07) is -0.0843. The van der Waals surface area contributed by atoms with Crippen LogP contribution < -0.4 is 10.6 Å². The van der Waals surface area contributed by atoms with E-state index in [-0.39, 0.29) is 17.9 Å². The maximum absolute atomic E-state index is 11.5.